The van der Waals surface area contributed by atoms with Crippen molar-refractivity contribution in [1.29, 1.82) is 0 Å². The summed E-state index contributed by atoms with van der Waals surface area (Å²) >= 11 is 2.28. The third-order valence-electron chi connectivity index (χ3n) is 3.15. The second kappa shape index (κ2) is 7.43. The highest BCUT2D eigenvalue weighted by Gasteiger charge is 2.20. The highest BCUT2D eigenvalue weighted by Crippen LogP contribution is 2.38. The Labute approximate surface area is 156 Å². The Morgan fingerprint density at radius 1 is 1.35 bits per heavy atom. The second-order valence-electron chi connectivity index (χ2n) is 5.07. The van der Waals surface area contributed by atoms with E-state index in [0.29, 0.717) is 16.0 Å². The molecule has 0 aliphatic carbocycles. The SMILES string of the molecule is CS(=O)(=O)c1ccc(Sc2nnc(NCc3ccco3)s2)c([N+](=O)[O-])c1. The van der Waals surface area contributed by atoms with Gasteiger partial charge in [0.1, 0.15) is 5.76 Å². The standard InChI is InChI=1S/C14H12N4O5S3/c1-26(21,22)10-4-5-12(11(7-10)18(19)20)24-14-17-16-13(25-14)15-8-9-3-2-6-23-9/h2-7H,8H2,1H3,(H,15,16). The van der Waals surface area contributed by atoms with Crippen molar-refractivity contribution in [2.45, 2.75) is 20.7 Å². The molecule has 0 radical (unpaired) electrons. The maximum Gasteiger partial charge on any atom is 0.284 e. The van der Waals surface area contributed by atoms with Crippen LogP contribution in [0.5, 0.6) is 0 Å². The van der Waals surface area contributed by atoms with E-state index in [1.807, 2.05) is 6.07 Å². The molecule has 2 heterocycles. The second-order valence-corrected chi connectivity index (χ2v) is 9.35. The number of nitro groups is 1. The van der Waals surface area contributed by atoms with Gasteiger partial charge in [0.2, 0.25) is 5.13 Å². The van der Waals surface area contributed by atoms with E-state index in [-0.39, 0.29) is 15.5 Å². The number of anilines is 1. The third kappa shape index (κ3) is 4.39. The smallest absolute Gasteiger partial charge is 0.284 e. The van der Waals surface area contributed by atoms with Gasteiger partial charge in [-0.1, -0.05) is 11.3 Å². The van der Waals surface area contributed by atoms with Gasteiger partial charge in [0, 0.05) is 12.3 Å². The van der Waals surface area contributed by atoms with Gasteiger partial charge in [0.05, 0.1) is 27.5 Å². The van der Waals surface area contributed by atoms with Crippen LogP contribution >= 0.6 is 23.1 Å². The minimum absolute atomic E-state index is 0.105. The minimum atomic E-state index is -3.53. The summed E-state index contributed by atoms with van der Waals surface area (Å²) in [5.41, 5.74) is -0.293. The predicted octanol–water partition coefficient (Wildman–Crippen LogP) is 3.21. The number of hydrogen-bond donors (Lipinski definition) is 1. The quantitative estimate of drug-likeness (QED) is 0.459. The molecule has 0 aliphatic rings. The molecule has 0 spiro atoms. The molecule has 3 aromatic rings. The lowest BCUT2D eigenvalue weighted by Gasteiger charge is -2.03. The van der Waals surface area contributed by atoms with Gasteiger partial charge in [0.15, 0.2) is 14.2 Å². The van der Waals surface area contributed by atoms with Crippen LogP contribution in [0.3, 0.4) is 0 Å². The number of sulfone groups is 1. The molecule has 0 amide bonds. The van der Waals surface area contributed by atoms with E-state index in [4.69, 9.17) is 4.42 Å². The fraction of sp³-hybridized carbons (Fsp3) is 0.143. The predicted molar refractivity (Wildman–Crippen MR) is 96.3 cm³/mol. The van der Waals surface area contributed by atoms with Crippen molar-refractivity contribution in [3.05, 3.63) is 52.5 Å². The number of nitrogens with zero attached hydrogens (tertiary/aromatic N) is 3. The Morgan fingerprint density at radius 3 is 2.81 bits per heavy atom. The largest absolute Gasteiger partial charge is 0.467 e. The molecule has 136 valence electrons. The molecule has 9 nitrogen and oxygen atoms in total. The number of aromatic nitrogens is 2. The maximum atomic E-state index is 11.6. The molecule has 0 atom stereocenters. The van der Waals surface area contributed by atoms with Crippen LogP contribution in [-0.2, 0) is 16.4 Å². The van der Waals surface area contributed by atoms with Crippen LogP contribution in [0.15, 0.2) is 55.1 Å². The van der Waals surface area contributed by atoms with Crippen molar-refractivity contribution >= 4 is 43.8 Å². The number of nitro benzene ring substituents is 1. The van der Waals surface area contributed by atoms with E-state index in [9.17, 15) is 18.5 Å². The van der Waals surface area contributed by atoms with Gasteiger partial charge in [-0.25, -0.2) is 8.42 Å². The fourth-order valence-electron chi connectivity index (χ4n) is 1.95. The Kier molecular flexibility index (Phi) is 5.25. The zero-order chi connectivity index (χ0) is 18.7. The monoisotopic (exact) mass is 412 g/mol. The van der Waals surface area contributed by atoms with E-state index in [0.717, 1.165) is 29.8 Å². The number of hydrogen-bond acceptors (Lipinski definition) is 10. The van der Waals surface area contributed by atoms with Crippen molar-refractivity contribution < 1.29 is 17.8 Å². The zero-order valence-electron chi connectivity index (χ0n) is 13.3. The van der Waals surface area contributed by atoms with Crippen LogP contribution in [0.4, 0.5) is 10.8 Å². The van der Waals surface area contributed by atoms with E-state index < -0.39 is 14.8 Å². The molecule has 0 unspecified atom stereocenters. The molecule has 0 saturated heterocycles. The van der Waals surface area contributed by atoms with Crippen LogP contribution in [0.25, 0.3) is 0 Å². The molecular formula is C14H12N4O5S3. The van der Waals surface area contributed by atoms with Crippen LogP contribution in [-0.4, -0.2) is 29.8 Å². The lowest BCUT2D eigenvalue weighted by molar-refractivity contribution is -0.388. The summed E-state index contributed by atoms with van der Waals surface area (Å²) in [4.78, 5) is 10.8. The summed E-state index contributed by atoms with van der Waals surface area (Å²) in [6.45, 7) is 0.440. The summed E-state index contributed by atoms with van der Waals surface area (Å²) in [6.07, 6.45) is 2.57. The van der Waals surface area contributed by atoms with Gasteiger partial charge >= 0.3 is 0 Å². The first-order valence-corrected chi connectivity index (χ1v) is 10.6. The van der Waals surface area contributed by atoms with Gasteiger partial charge in [-0.05, 0) is 36.0 Å². The number of furan rings is 1. The van der Waals surface area contributed by atoms with Gasteiger partial charge in [-0.3, -0.25) is 10.1 Å². The van der Waals surface area contributed by atoms with Crippen molar-refractivity contribution in [2.24, 2.45) is 0 Å². The highest BCUT2D eigenvalue weighted by molar-refractivity contribution is 8.01. The van der Waals surface area contributed by atoms with Crippen LogP contribution in [0.2, 0.25) is 0 Å². The van der Waals surface area contributed by atoms with Crippen molar-refractivity contribution in [3.63, 3.8) is 0 Å². The Balaban J connectivity index is 1.77. The van der Waals surface area contributed by atoms with E-state index in [1.54, 1.807) is 12.3 Å². The number of benzene rings is 1. The highest BCUT2D eigenvalue weighted by atomic mass is 32.2. The molecule has 1 aromatic carbocycles. The molecule has 3 rings (SSSR count). The number of rotatable bonds is 7. The lowest BCUT2D eigenvalue weighted by Crippen LogP contribution is -1.99. The summed E-state index contributed by atoms with van der Waals surface area (Å²) in [7, 11) is -3.53. The Hall–Kier alpha value is -2.44. The van der Waals surface area contributed by atoms with Crippen molar-refractivity contribution in [3.8, 4) is 0 Å². The van der Waals surface area contributed by atoms with Crippen molar-refractivity contribution in [2.75, 3.05) is 11.6 Å². The zero-order valence-corrected chi connectivity index (χ0v) is 15.7. The molecule has 0 aliphatic heterocycles. The molecule has 1 N–H and O–H groups in total. The van der Waals surface area contributed by atoms with Crippen molar-refractivity contribution in [1.82, 2.24) is 10.2 Å². The maximum absolute atomic E-state index is 11.6. The first-order valence-electron chi connectivity index (χ1n) is 7.09. The van der Waals surface area contributed by atoms with Gasteiger partial charge in [-0.15, -0.1) is 10.2 Å². The number of nitrogens with one attached hydrogen (secondary N) is 1. The van der Waals surface area contributed by atoms with Crippen LogP contribution < -0.4 is 5.32 Å². The Bertz CT molecular complexity index is 1030. The summed E-state index contributed by atoms with van der Waals surface area (Å²) in [6, 6.07) is 7.38. The molecular weight excluding hydrogens is 400 g/mol. The van der Waals surface area contributed by atoms with E-state index in [1.165, 1.54) is 23.5 Å². The molecule has 2 aromatic heterocycles. The van der Waals surface area contributed by atoms with Crippen LogP contribution in [0.1, 0.15) is 5.76 Å². The summed E-state index contributed by atoms with van der Waals surface area (Å²) < 4.78 is 28.9. The third-order valence-corrected chi connectivity index (χ3v) is 6.26. The average Bonchev–Trinajstić information content (AvgIpc) is 3.23. The molecule has 26 heavy (non-hydrogen) atoms. The van der Waals surface area contributed by atoms with E-state index in [2.05, 4.69) is 15.5 Å². The first kappa shape index (κ1) is 18.4. The normalized spacial score (nSPS) is 11.4. The minimum Gasteiger partial charge on any atom is -0.467 e. The summed E-state index contributed by atoms with van der Waals surface area (Å²) in [5, 5.41) is 22.8. The lowest BCUT2D eigenvalue weighted by atomic mass is 10.3. The summed E-state index contributed by atoms with van der Waals surface area (Å²) in [5.74, 6) is 0.737. The van der Waals surface area contributed by atoms with Gasteiger partial charge < -0.3 is 9.73 Å². The van der Waals surface area contributed by atoms with Gasteiger partial charge in [-0.2, -0.15) is 0 Å². The molecule has 0 bridgehead atoms. The van der Waals surface area contributed by atoms with Gasteiger partial charge in [0.25, 0.3) is 5.69 Å². The fourth-order valence-corrected chi connectivity index (χ4v) is 4.38. The molecule has 0 fully saturated rings. The Morgan fingerprint density at radius 2 is 2.15 bits per heavy atom. The molecule has 12 heteroatoms. The van der Waals surface area contributed by atoms with Crippen LogP contribution in [0, 0.1) is 10.1 Å². The first-order chi connectivity index (χ1) is 12.3. The average molecular weight is 412 g/mol. The molecule has 0 saturated carbocycles. The topological polar surface area (TPSA) is 128 Å². The van der Waals surface area contributed by atoms with E-state index >= 15 is 0 Å².